The van der Waals surface area contributed by atoms with Crippen LogP contribution in [0.3, 0.4) is 0 Å². The van der Waals surface area contributed by atoms with E-state index in [2.05, 4.69) is 240 Å². The molecule has 0 saturated heterocycles. The average molecular weight is 1030 g/mol. The summed E-state index contributed by atoms with van der Waals surface area (Å²) in [6, 6.07) is 70.7. The number of hydrogen-bond acceptors (Lipinski definition) is 8. The number of anilines is 6. The van der Waals surface area contributed by atoms with Crippen molar-refractivity contribution in [2.45, 2.75) is 51.4 Å². The zero-order valence-corrected chi connectivity index (χ0v) is 42.7. The number of aryl methyl sites for hydroxylation is 8. The third-order valence-electron chi connectivity index (χ3n) is 13.6. The fourth-order valence-corrected chi connectivity index (χ4v) is 10.4. The molecular weight excluding hydrogens is 975 g/mol. The number of halogens is 1. The molecule has 8 bridgehead atoms. The molecule has 0 atom stereocenters. The fraction of sp³-hybridized carbons (Fsp3) is 0.125. The van der Waals surface area contributed by atoms with Crippen LogP contribution in [0, 0.1) is 0 Å². The predicted octanol–water partition coefficient (Wildman–Crippen LogP) is 13.5. The van der Waals surface area contributed by atoms with E-state index in [1.54, 1.807) is 6.33 Å². The predicted molar refractivity (Wildman–Crippen MR) is 305 cm³/mol. The van der Waals surface area contributed by atoms with Crippen LogP contribution in [-0.2, 0) is 51.4 Å². The van der Waals surface area contributed by atoms with E-state index in [0.29, 0.717) is 5.46 Å². The Balaban J connectivity index is 0.000000146. The van der Waals surface area contributed by atoms with Crippen molar-refractivity contribution >= 4 is 62.6 Å². The Labute approximate surface area is 443 Å². The summed E-state index contributed by atoms with van der Waals surface area (Å²) in [4.78, 5) is 20.5. The lowest BCUT2D eigenvalue weighted by Crippen LogP contribution is -2.30. The third-order valence-corrected chi connectivity index (χ3v) is 14.4. The van der Waals surface area contributed by atoms with Crippen molar-refractivity contribution in [3.63, 3.8) is 0 Å². The Hall–Kier alpha value is -8.02. The van der Waals surface area contributed by atoms with Crippen LogP contribution in [0.5, 0.6) is 0 Å². The monoisotopic (exact) mass is 1030 g/mol. The minimum Gasteiger partial charge on any atom is -0.423 e. The van der Waals surface area contributed by atoms with E-state index in [4.69, 9.17) is 10.0 Å². The lowest BCUT2D eigenvalue weighted by molar-refractivity contribution is 0.425. The van der Waals surface area contributed by atoms with Crippen LogP contribution in [0.25, 0.3) is 11.1 Å². The molecule has 0 aliphatic heterocycles. The summed E-state index contributed by atoms with van der Waals surface area (Å²) in [6.07, 6.45) is 17.5. The number of aromatic nitrogens is 4. The van der Waals surface area contributed by atoms with E-state index in [1.165, 1.54) is 107 Å². The topological polar surface area (TPSA) is 98.5 Å². The molecule has 2 N–H and O–H groups in total. The van der Waals surface area contributed by atoms with Gasteiger partial charge in [0.05, 0.1) is 0 Å². The molecule has 8 aliphatic rings. The van der Waals surface area contributed by atoms with Crippen LogP contribution >= 0.6 is 15.9 Å². The van der Waals surface area contributed by atoms with Gasteiger partial charge in [-0.2, -0.15) is 0 Å². The van der Waals surface area contributed by atoms with Gasteiger partial charge in [0.2, 0.25) is 0 Å². The maximum absolute atomic E-state index is 8.50. The first-order valence-electron chi connectivity index (χ1n) is 25.2. The normalized spacial score (nSPS) is 12.4. The van der Waals surface area contributed by atoms with Gasteiger partial charge in [0.25, 0.3) is 0 Å². The zero-order chi connectivity index (χ0) is 50.5. The van der Waals surface area contributed by atoms with Crippen LogP contribution in [0.4, 0.5) is 34.1 Å². The van der Waals surface area contributed by atoms with Gasteiger partial charge in [-0.05, 0) is 168 Å². The minimum absolute atomic E-state index is 0.303. The maximum atomic E-state index is 8.50. The van der Waals surface area contributed by atoms with Gasteiger partial charge in [-0.1, -0.05) is 143 Å². The molecule has 0 fully saturated rings. The average Bonchev–Trinajstić information content (AvgIpc) is 3.45. The molecule has 364 valence electrons. The maximum Gasteiger partial charge on any atom is 0.491 e. The molecule has 10 heteroatoms. The molecular formula is C64H56BBrN6O2. The number of para-hydroxylation sites is 4. The zero-order valence-electron chi connectivity index (χ0n) is 41.1. The van der Waals surface area contributed by atoms with Crippen LogP contribution < -0.4 is 15.3 Å². The first kappa shape index (κ1) is 49.6. The van der Waals surface area contributed by atoms with E-state index in [0.717, 1.165) is 56.9 Å². The Morgan fingerprint density at radius 1 is 0.365 bits per heavy atom. The highest BCUT2D eigenvalue weighted by molar-refractivity contribution is 9.10. The van der Waals surface area contributed by atoms with Gasteiger partial charge >= 0.3 is 7.12 Å². The van der Waals surface area contributed by atoms with Crippen molar-refractivity contribution in [2.24, 2.45) is 0 Å². The van der Waals surface area contributed by atoms with Gasteiger partial charge in [0.1, 0.15) is 12.7 Å². The lowest BCUT2D eigenvalue weighted by Gasteiger charge is -2.28. The first-order valence-corrected chi connectivity index (χ1v) is 26.0. The molecule has 0 spiro atoms. The van der Waals surface area contributed by atoms with Crippen LogP contribution in [0.15, 0.2) is 236 Å². The molecule has 74 heavy (non-hydrogen) atoms. The van der Waals surface area contributed by atoms with Crippen molar-refractivity contribution in [3.8, 4) is 11.1 Å². The highest BCUT2D eigenvalue weighted by atomic mass is 79.9. The van der Waals surface area contributed by atoms with Gasteiger partial charge in [0, 0.05) is 74.4 Å². The molecule has 10 aromatic rings. The summed E-state index contributed by atoms with van der Waals surface area (Å²) in [7, 11) is -1.47. The quantitative estimate of drug-likeness (QED) is 0.145. The van der Waals surface area contributed by atoms with Crippen LogP contribution in [0.2, 0.25) is 0 Å². The molecule has 8 aromatic carbocycles. The SMILES string of the molecule is Brc1cc2ccc1CCc1ccc(c(N(c3ccccc3)c3ccccc3)c1)CC2.OB(O)c1cncnc1.c1ccc(N(c2ccccc2)c2cc3ccc2CCc2ccc(c(-c4cncnc4)c2)CC3)cc1. The molecule has 2 heterocycles. The Bertz CT molecular complexity index is 3310. The molecule has 2 aromatic heterocycles. The highest BCUT2D eigenvalue weighted by Gasteiger charge is 2.20. The van der Waals surface area contributed by atoms with Gasteiger partial charge in [-0.25, -0.2) is 19.9 Å². The number of rotatable bonds is 8. The molecule has 0 unspecified atom stereocenters. The molecule has 0 radical (unpaired) electrons. The first-order chi connectivity index (χ1) is 36.4. The number of hydrogen-bond donors (Lipinski definition) is 2. The second-order valence-corrected chi connectivity index (χ2v) is 19.4. The lowest BCUT2D eigenvalue weighted by atomic mass is 9.83. The van der Waals surface area contributed by atoms with Crippen molar-refractivity contribution in [2.75, 3.05) is 9.80 Å². The van der Waals surface area contributed by atoms with Crippen molar-refractivity contribution in [1.29, 1.82) is 0 Å². The van der Waals surface area contributed by atoms with Crippen molar-refractivity contribution in [3.05, 3.63) is 281 Å². The summed E-state index contributed by atoms with van der Waals surface area (Å²) in [5, 5.41) is 17.0. The molecule has 0 amide bonds. The Morgan fingerprint density at radius 2 is 0.716 bits per heavy atom. The van der Waals surface area contributed by atoms with Gasteiger partial charge in [-0.3, -0.25) is 0 Å². The van der Waals surface area contributed by atoms with E-state index < -0.39 is 7.12 Å². The smallest absolute Gasteiger partial charge is 0.423 e. The molecule has 18 rings (SSSR count). The summed E-state index contributed by atoms with van der Waals surface area (Å²) in [5.74, 6) is 0. The third kappa shape index (κ3) is 12.2. The largest absolute Gasteiger partial charge is 0.491 e. The minimum atomic E-state index is -1.47. The number of nitrogens with zero attached hydrogens (tertiary/aromatic N) is 6. The number of benzene rings is 8. The Kier molecular flexibility index (Phi) is 16.2. The summed E-state index contributed by atoms with van der Waals surface area (Å²) in [5.41, 5.74) is 20.9. The van der Waals surface area contributed by atoms with Gasteiger partial charge in [-0.15, -0.1) is 0 Å². The van der Waals surface area contributed by atoms with Gasteiger partial charge in [0.15, 0.2) is 0 Å². The van der Waals surface area contributed by atoms with E-state index >= 15 is 0 Å². The Morgan fingerprint density at radius 3 is 1.12 bits per heavy atom. The molecule has 0 saturated carbocycles. The second-order valence-electron chi connectivity index (χ2n) is 18.5. The van der Waals surface area contributed by atoms with Crippen molar-refractivity contribution in [1.82, 2.24) is 19.9 Å². The summed E-state index contributed by atoms with van der Waals surface area (Å²) < 4.78 is 1.24. The van der Waals surface area contributed by atoms with E-state index in [1.807, 2.05) is 12.4 Å². The van der Waals surface area contributed by atoms with E-state index in [9.17, 15) is 0 Å². The second kappa shape index (κ2) is 24.1. The summed E-state index contributed by atoms with van der Waals surface area (Å²) in [6.45, 7) is 0. The molecule has 8 nitrogen and oxygen atoms in total. The van der Waals surface area contributed by atoms with Crippen LogP contribution in [0.1, 0.15) is 44.5 Å². The van der Waals surface area contributed by atoms with Crippen LogP contribution in [-0.4, -0.2) is 37.1 Å². The van der Waals surface area contributed by atoms with E-state index in [-0.39, 0.29) is 0 Å². The highest BCUT2D eigenvalue weighted by Crippen LogP contribution is 2.40. The summed E-state index contributed by atoms with van der Waals surface area (Å²) >= 11 is 3.78. The standard InChI is InChI=1S/C32H27N3.C28H24BrN.C4H5BN2O2/c1-3-7-29(8-4-1)35(30-9-5-2-6-10-30)32-20-25-12-16-26-15-11-24(13-17-27(32)18-14-25)19-31(26)28-21-33-23-34-22-28;29-27-19-21-11-15-23(27)16-12-22-14-18-24(17-13-21)28(20-22)30(25-7-3-1-4-8-25)26-9-5-2-6-10-26;8-5(9)4-1-6-3-7-2-4/h1-11,14-15,18-23H,12-13,16-17H2;1-11,14-15,18-20H,12-13,16-17H2;1-3,8-9H. The molecule has 8 aliphatic carbocycles. The van der Waals surface area contributed by atoms with Crippen molar-refractivity contribution < 1.29 is 10.0 Å². The fourth-order valence-electron chi connectivity index (χ4n) is 9.74. The van der Waals surface area contributed by atoms with Gasteiger partial charge < -0.3 is 19.8 Å².